The van der Waals surface area contributed by atoms with Crippen LogP contribution >= 0.6 is 11.3 Å². The second kappa shape index (κ2) is 10.8. The second-order valence-electron chi connectivity index (χ2n) is 7.89. The van der Waals surface area contributed by atoms with E-state index >= 15 is 0 Å². The molecular formula is C22H28F2N4O2S. The minimum Gasteiger partial charge on any atom is -0.356 e. The van der Waals surface area contributed by atoms with Gasteiger partial charge in [-0.2, -0.15) is 0 Å². The van der Waals surface area contributed by atoms with Gasteiger partial charge in [-0.05, 0) is 56.8 Å². The summed E-state index contributed by atoms with van der Waals surface area (Å²) in [6.45, 7) is 6.04. The third-order valence-electron chi connectivity index (χ3n) is 5.49. The molecule has 1 aromatic carbocycles. The number of piperidine rings is 1. The van der Waals surface area contributed by atoms with Crippen molar-refractivity contribution in [1.82, 2.24) is 15.2 Å². The van der Waals surface area contributed by atoms with Crippen molar-refractivity contribution in [3.8, 4) is 11.3 Å². The first kappa shape index (κ1) is 23.3. The number of hydrogen-bond donors (Lipinski definition) is 2. The van der Waals surface area contributed by atoms with Crippen molar-refractivity contribution in [1.29, 1.82) is 0 Å². The number of aromatic nitrogens is 1. The lowest BCUT2D eigenvalue weighted by Gasteiger charge is -2.36. The molecule has 2 N–H and O–H groups in total. The summed E-state index contributed by atoms with van der Waals surface area (Å²) >= 11 is 1.24. The molecule has 0 saturated carbocycles. The van der Waals surface area contributed by atoms with E-state index in [9.17, 15) is 18.4 Å². The molecule has 2 atom stereocenters. The van der Waals surface area contributed by atoms with E-state index in [-0.39, 0.29) is 17.9 Å². The van der Waals surface area contributed by atoms with Crippen LogP contribution in [0.1, 0.15) is 39.5 Å². The van der Waals surface area contributed by atoms with E-state index in [2.05, 4.69) is 20.5 Å². The Morgan fingerprint density at radius 3 is 2.87 bits per heavy atom. The minimum atomic E-state index is -0.935. The van der Waals surface area contributed by atoms with E-state index < -0.39 is 11.6 Å². The monoisotopic (exact) mass is 450 g/mol. The van der Waals surface area contributed by atoms with Crippen LogP contribution in [-0.4, -0.2) is 47.4 Å². The smallest absolute Gasteiger partial charge is 0.243 e. The molecule has 1 fully saturated rings. The van der Waals surface area contributed by atoms with Crippen molar-refractivity contribution in [2.24, 2.45) is 5.92 Å². The molecule has 0 bridgehead atoms. The Morgan fingerprint density at radius 1 is 1.32 bits per heavy atom. The van der Waals surface area contributed by atoms with Gasteiger partial charge in [0.2, 0.25) is 11.8 Å². The van der Waals surface area contributed by atoms with Crippen LogP contribution in [-0.2, 0) is 9.59 Å². The maximum Gasteiger partial charge on any atom is 0.243 e. The number of likely N-dealkylation sites (tertiary alicyclic amines) is 1. The highest BCUT2D eigenvalue weighted by Crippen LogP contribution is 2.26. The van der Waals surface area contributed by atoms with Gasteiger partial charge in [0.05, 0.1) is 11.7 Å². The van der Waals surface area contributed by atoms with Crippen molar-refractivity contribution < 1.29 is 18.4 Å². The van der Waals surface area contributed by atoms with Gasteiger partial charge in [-0.1, -0.05) is 6.92 Å². The Labute approximate surface area is 185 Å². The predicted molar refractivity (Wildman–Crippen MR) is 118 cm³/mol. The summed E-state index contributed by atoms with van der Waals surface area (Å²) in [4.78, 5) is 30.9. The zero-order chi connectivity index (χ0) is 22.4. The normalized spacial score (nSPS) is 17.9. The molecule has 2 aromatic rings. The molecule has 0 spiro atoms. The molecule has 6 nitrogen and oxygen atoms in total. The molecule has 0 radical (unpaired) electrons. The van der Waals surface area contributed by atoms with Crippen molar-refractivity contribution in [3.05, 3.63) is 35.2 Å². The molecule has 31 heavy (non-hydrogen) atoms. The highest BCUT2D eigenvalue weighted by Gasteiger charge is 2.28. The van der Waals surface area contributed by atoms with Gasteiger partial charge in [-0.25, -0.2) is 13.8 Å². The van der Waals surface area contributed by atoms with Gasteiger partial charge in [-0.3, -0.25) is 14.5 Å². The molecule has 168 valence electrons. The van der Waals surface area contributed by atoms with Crippen LogP contribution < -0.4 is 10.6 Å². The van der Waals surface area contributed by atoms with Crippen LogP contribution in [0.4, 0.5) is 13.9 Å². The lowest BCUT2D eigenvalue weighted by atomic mass is 9.96. The standard InChI is InChI=1S/C22H28F2N4O2S/c1-3-5-20(29)25-11-15-6-4-9-28(12-15)14(2)21(30)27-22-26-19(13-31-22)16-7-8-17(23)18(24)10-16/h7-8,10,13-15H,3-6,9,11-12H2,1-2H3,(H,25,29)(H,26,27,30). The van der Waals surface area contributed by atoms with E-state index in [0.29, 0.717) is 35.3 Å². The molecule has 1 saturated heterocycles. The number of rotatable bonds is 8. The van der Waals surface area contributed by atoms with Crippen molar-refractivity contribution in [2.75, 3.05) is 25.0 Å². The average Bonchev–Trinajstić information content (AvgIpc) is 3.22. The summed E-state index contributed by atoms with van der Waals surface area (Å²) < 4.78 is 26.6. The quantitative estimate of drug-likeness (QED) is 0.637. The van der Waals surface area contributed by atoms with E-state index in [0.717, 1.165) is 44.5 Å². The molecule has 3 rings (SSSR count). The van der Waals surface area contributed by atoms with E-state index in [4.69, 9.17) is 0 Å². The fraction of sp³-hybridized carbons (Fsp3) is 0.500. The zero-order valence-electron chi connectivity index (χ0n) is 17.8. The van der Waals surface area contributed by atoms with Crippen LogP contribution in [0.15, 0.2) is 23.6 Å². The van der Waals surface area contributed by atoms with Gasteiger partial charge in [0, 0.05) is 30.5 Å². The summed E-state index contributed by atoms with van der Waals surface area (Å²) in [6, 6.07) is 3.26. The maximum absolute atomic E-state index is 13.5. The molecule has 2 heterocycles. The largest absolute Gasteiger partial charge is 0.356 e. The number of carbonyl (C=O) groups is 2. The summed E-state index contributed by atoms with van der Waals surface area (Å²) in [5, 5.41) is 7.92. The molecule has 1 aliphatic heterocycles. The first-order chi connectivity index (χ1) is 14.9. The average molecular weight is 451 g/mol. The van der Waals surface area contributed by atoms with Gasteiger partial charge in [-0.15, -0.1) is 11.3 Å². The second-order valence-corrected chi connectivity index (χ2v) is 8.75. The number of hydrogen-bond acceptors (Lipinski definition) is 5. The van der Waals surface area contributed by atoms with E-state index in [1.165, 1.54) is 17.4 Å². The van der Waals surface area contributed by atoms with Crippen LogP contribution in [0.3, 0.4) is 0 Å². The van der Waals surface area contributed by atoms with Crippen LogP contribution in [0.5, 0.6) is 0 Å². The number of nitrogens with zero attached hydrogens (tertiary/aromatic N) is 2. The number of anilines is 1. The maximum atomic E-state index is 13.5. The Bertz CT molecular complexity index is 921. The molecular weight excluding hydrogens is 422 g/mol. The predicted octanol–water partition coefficient (Wildman–Crippen LogP) is 4.04. The van der Waals surface area contributed by atoms with Gasteiger partial charge < -0.3 is 10.6 Å². The van der Waals surface area contributed by atoms with Crippen molar-refractivity contribution in [2.45, 2.75) is 45.6 Å². The lowest BCUT2D eigenvalue weighted by molar-refractivity contribution is -0.123. The Morgan fingerprint density at radius 2 is 2.13 bits per heavy atom. The van der Waals surface area contributed by atoms with Crippen molar-refractivity contribution >= 4 is 28.3 Å². The molecule has 1 aromatic heterocycles. The Hall–Kier alpha value is -2.39. The Balaban J connectivity index is 1.54. The van der Waals surface area contributed by atoms with Gasteiger partial charge >= 0.3 is 0 Å². The summed E-state index contributed by atoms with van der Waals surface area (Å²) in [7, 11) is 0. The van der Waals surface area contributed by atoms with Crippen LogP contribution in [0.2, 0.25) is 0 Å². The lowest BCUT2D eigenvalue weighted by Crippen LogP contribution is -2.48. The van der Waals surface area contributed by atoms with Crippen molar-refractivity contribution in [3.63, 3.8) is 0 Å². The number of nitrogens with one attached hydrogen (secondary N) is 2. The number of halogens is 2. The molecule has 1 aliphatic rings. The highest BCUT2D eigenvalue weighted by atomic mass is 32.1. The fourth-order valence-corrected chi connectivity index (χ4v) is 4.41. The van der Waals surface area contributed by atoms with Gasteiger partial charge in [0.25, 0.3) is 0 Å². The van der Waals surface area contributed by atoms with Crippen LogP contribution in [0.25, 0.3) is 11.3 Å². The van der Waals surface area contributed by atoms with Gasteiger partial charge in [0.1, 0.15) is 0 Å². The number of benzene rings is 1. The topological polar surface area (TPSA) is 74.3 Å². The number of thiazole rings is 1. The minimum absolute atomic E-state index is 0.0750. The SMILES string of the molecule is CCCC(=O)NCC1CCCN(C(C)C(=O)Nc2nc(-c3ccc(F)c(F)c3)cs2)C1. The molecule has 2 amide bonds. The summed E-state index contributed by atoms with van der Waals surface area (Å²) in [5.74, 6) is -1.61. The first-order valence-corrected chi connectivity index (χ1v) is 11.5. The third kappa shape index (κ3) is 6.30. The highest BCUT2D eigenvalue weighted by molar-refractivity contribution is 7.14. The zero-order valence-corrected chi connectivity index (χ0v) is 18.6. The third-order valence-corrected chi connectivity index (χ3v) is 6.25. The van der Waals surface area contributed by atoms with E-state index in [1.54, 1.807) is 5.38 Å². The molecule has 0 aliphatic carbocycles. The molecule has 2 unspecified atom stereocenters. The fourth-order valence-electron chi connectivity index (χ4n) is 3.68. The summed E-state index contributed by atoms with van der Waals surface area (Å²) in [5.41, 5.74) is 0.931. The number of amides is 2. The molecule has 9 heteroatoms. The summed E-state index contributed by atoms with van der Waals surface area (Å²) in [6.07, 6.45) is 3.37. The van der Waals surface area contributed by atoms with E-state index in [1.807, 2.05) is 13.8 Å². The van der Waals surface area contributed by atoms with Crippen LogP contribution in [0, 0.1) is 17.6 Å². The van der Waals surface area contributed by atoms with Gasteiger partial charge in [0.15, 0.2) is 16.8 Å². The first-order valence-electron chi connectivity index (χ1n) is 10.6. The number of carbonyl (C=O) groups excluding carboxylic acids is 2. The Kier molecular flexibility index (Phi) is 8.09.